The van der Waals surface area contributed by atoms with E-state index in [1.807, 2.05) is 6.07 Å². The second kappa shape index (κ2) is 8.35. The summed E-state index contributed by atoms with van der Waals surface area (Å²) in [7, 11) is 3.50. The number of aromatic nitrogens is 2. The third-order valence-electron chi connectivity index (χ3n) is 5.87. The molecule has 0 bridgehead atoms. The molecule has 1 saturated carbocycles. The van der Waals surface area contributed by atoms with Gasteiger partial charge >= 0.3 is 0 Å². The van der Waals surface area contributed by atoms with Crippen molar-refractivity contribution in [2.24, 2.45) is 0 Å². The Morgan fingerprint density at radius 1 is 1.21 bits per heavy atom. The molecular formula is C22H30N4O2. The average Bonchev–Trinajstić information content (AvgIpc) is 3.44. The van der Waals surface area contributed by atoms with Crippen molar-refractivity contribution >= 4 is 5.91 Å². The standard InChI is InChI=1S/C22H30N4O2/c1-25(2)22(27)21-13-20(23-24-21)17-11-12-26(15-17)14-16-7-9-19(10-8-16)28-18-5-3-4-6-18/h7-10,13,17-18H,3-6,11-12,14-15H2,1-2H3,(H,23,24). The first-order valence-electron chi connectivity index (χ1n) is 10.3. The van der Waals surface area contributed by atoms with Gasteiger partial charge < -0.3 is 9.64 Å². The summed E-state index contributed by atoms with van der Waals surface area (Å²) in [5, 5.41) is 7.26. The molecule has 6 nitrogen and oxygen atoms in total. The quantitative estimate of drug-likeness (QED) is 0.832. The van der Waals surface area contributed by atoms with E-state index in [1.54, 1.807) is 19.0 Å². The van der Waals surface area contributed by atoms with E-state index in [1.165, 1.54) is 31.2 Å². The maximum atomic E-state index is 12.0. The zero-order chi connectivity index (χ0) is 19.5. The number of benzene rings is 1. The summed E-state index contributed by atoms with van der Waals surface area (Å²) in [4.78, 5) is 16.1. The van der Waals surface area contributed by atoms with E-state index in [-0.39, 0.29) is 5.91 Å². The predicted octanol–water partition coefficient (Wildman–Crippen LogP) is 3.42. The molecule has 1 saturated heterocycles. The Kier molecular flexibility index (Phi) is 5.67. The second-order valence-electron chi connectivity index (χ2n) is 8.30. The van der Waals surface area contributed by atoms with E-state index < -0.39 is 0 Å². The zero-order valence-electron chi connectivity index (χ0n) is 16.9. The van der Waals surface area contributed by atoms with E-state index in [4.69, 9.17) is 4.74 Å². The fraction of sp³-hybridized carbons (Fsp3) is 0.545. The summed E-state index contributed by atoms with van der Waals surface area (Å²) >= 11 is 0. The lowest BCUT2D eigenvalue weighted by atomic mass is 10.0. The molecule has 28 heavy (non-hydrogen) atoms. The predicted molar refractivity (Wildman–Crippen MR) is 109 cm³/mol. The summed E-state index contributed by atoms with van der Waals surface area (Å²) in [5.41, 5.74) is 2.87. The van der Waals surface area contributed by atoms with Gasteiger partial charge in [-0.1, -0.05) is 12.1 Å². The van der Waals surface area contributed by atoms with Crippen LogP contribution in [0.1, 0.15) is 59.8 Å². The van der Waals surface area contributed by atoms with Gasteiger partial charge in [0, 0.05) is 38.8 Å². The molecule has 2 heterocycles. The molecule has 1 aromatic heterocycles. The number of carbonyl (C=O) groups excluding carboxylic acids is 1. The number of likely N-dealkylation sites (tertiary alicyclic amines) is 1. The zero-order valence-corrected chi connectivity index (χ0v) is 16.9. The summed E-state index contributed by atoms with van der Waals surface area (Å²) in [6.07, 6.45) is 6.45. The molecule has 2 fully saturated rings. The number of carbonyl (C=O) groups is 1. The van der Waals surface area contributed by atoms with Crippen molar-refractivity contribution in [3.63, 3.8) is 0 Å². The van der Waals surface area contributed by atoms with Crippen LogP contribution in [0.15, 0.2) is 30.3 Å². The maximum Gasteiger partial charge on any atom is 0.273 e. The van der Waals surface area contributed by atoms with Crippen LogP contribution >= 0.6 is 0 Å². The molecule has 2 aliphatic rings. The van der Waals surface area contributed by atoms with Gasteiger partial charge in [-0.2, -0.15) is 5.10 Å². The van der Waals surface area contributed by atoms with Crippen molar-refractivity contribution in [2.75, 3.05) is 27.2 Å². The molecule has 0 radical (unpaired) electrons. The minimum Gasteiger partial charge on any atom is -0.490 e. The van der Waals surface area contributed by atoms with Gasteiger partial charge in [-0.15, -0.1) is 0 Å². The van der Waals surface area contributed by atoms with E-state index in [9.17, 15) is 4.79 Å². The summed E-state index contributed by atoms with van der Waals surface area (Å²) in [6, 6.07) is 10.5. The molecule has 6 heteroatoms. The molecule has 1 N–H and O–H groups in total. The van der Waals surface area contributed by atoms with Gasteiger partial charge in [0.05, 0.1) is 6.10 Å². The molecule has 1 aliphatic carbocycles. The highest BCUT2D eigenvalue weighted by atomic mass is 16.5. The van der Waals surface area contributed by atoms with Gasteiger partial charge in [0.25, 0.3) is 5.91 Å². The molecule has 1 unspecified atom stereocenters. The fourth-order valence-electron chi connectivity index (χ4n) is 4.24. The number of ether oxygens (including phenoxy) is 1. The first kappa shape index (κ1) is 19.0. The van der Waals surface area contributed by atoms with E-state index >= 15 is 0 Å². The average molecular weight is 383 g/mol. The summed E-state index contributed by atoms with van der Waals surface area (Å²) in [5.74, 6) is 1.34. The number of rotatable bonds is 6. The van der Waals surface area contributed by atoms with Crippen LogP contribution in [-0.4, -0.2) is 59.2 Å². The Bertz CT molecular complexity index is 793. The van der Waals surface area contributed by atoms with Crippen molar-refractivity contribution in [2.45, 2.75) is 50.7 Å². The van der Waals surface area contributed by atoms with Crippen LogP contribution in [0.2, 0.25) is 0 Å². The van der Waals surface area contributed by atoms with Crippen molar-refractivity contribution in [3.05, 3.63) is 47.3 Å². The van der Waals surface area contributed by atoms with Gasteiger partial charge in [-0.05, 0) is 62.4 Å². The number of aromatic amines is 1. The lowest BCUT2D eigenvalue weighted by molar-refractivity contribution is 0.0822. The number of H-pyrrole nitrogens is 1. The summed E-state index contributed by atoms with van der Waals surface area (Å²) in [6.45, 7) is 2.98. The highest BCUT2D eigenvalue weighted by molar-refractivity contribution is 5.92. The Morgan fingerprint density at radius 2 is 1.96 bits per heavy atom. The first-order chi connectivity index (χ1) is 13.6. The van der Waals surface area contributed by atoms with Gasteiger partial charge in [0.1, 0.15) is 11.4 Å². The van der Waals surface area contributed by atoms with Gasteiger partial charge in [-0.3, -0.25) is 14.8 Å². The largest absolute Gasteiger partial charge is 0.490 e. The molecule has 2 aromatic rings. The van der Waals surface area contributed by atoms with Crippen LogP contribution in [0.3, 0.4) is 0 Å². The first-order valence-corrected chi connectivity index (χ1v) is 10.3. The topological polar surface area (TPSA) is 61.5 Å². The smallest absolute Gasteiger partial charge is 0.273 e. The van der Waals surface area contributed by atoms with Crippen LogP contribution in [0.5, 0.6) is 5.75 Å². The van der Waals surface area contributed by atoms with Crippen LogP contribution in [0.25, 0.3) is 0 Å². The van der Waals surface area contributed by atoms with E-state index in [2.05, 4.69) is 39.4 Å². The van der Waals surface area contributed by atoms with Crippen molar-refractivity contribution < 1.29 is 9.53 Å². The lowest BCUT2D eigenvalue weighted by Crippen LogP contribution is -2.22. The molecular weight excluding hydrogens is 352 g/mol. The van der Waals surface area contributed by atoms with Gasteiger partial charge in [0.2, 0.25) is 0 Å². The van der Waals surface area contributed by atoms with Crippen LogP contribution in [0.4, 0.5) is 0 Å². The molecule has 1 aromatic carbocycles. The Labute approximate surface area is 166 Å². The minimum atomic E-state index is -0.0581. The Balaban J connectivity index is 1.30. The Hall–Kier alpha value is -2.34. The van der Waals surface area contributed by atoms with E-state index in [0.717, 1.165) is 37.5 Å². The van der Waals surface area contributed by atoms with Crippen molar-refractivity contribution in [1.29, 1.82) is 0 Å². The highest BCUT2D eigenvalue weighted by Crippen LogP contribution is 2.28. The molecule has 1 atom stereocenters. The maximum absolute atomic E-state index is 12.0. The third-order valence-corrected chi connectivity index (χ3v) is 5.87. The van der Waals surface area contributed by atoms with Crippen LogP contribution < -0.4 is 4.74 Å². The number of nitrogens with one attached hydrogen (secondary N) is 1. The number of hydrogen-bond acceptors (Lipinski definition) is 4. The molecule has 150 valence electrons. The minimum absolute atomic E-state index is 0.0581. The number of nitrogens with zero attached hydrogens (tertiary/aromatic N) is 3. The summed E-state index contributed by atoms with van der Waals surface area (Å²) < 4.78 is 6.06. The highest BCUT2D eigenvalue weighted by Gasteiger charge is 2.26. The molecule has 4 rings (SSSR count). The fourth-order valence-corrected chi connectivity index (χ4v) is 4.24. The molecule has 1 amide bonds. The van der Waals surface area contributed by atoms with Crippen molar-refractivity contribution in [1.82, 2.24) is 20.0 Å². The van der Waals surface area contributed by atoms with Crippen LogP contribution in [-0.2, 0) is 6.54 Å². The normalized spacial score (nSPS) is 20.6. The monoisotopic (exact) mass is 382 g/mol. The Morgan fingerprint density at radius 3 is 2.68 bits per heavy atom. The van der Waals surface area contributed by atoms with Crippen LogP contribution in [0, 0.1) is 0 Å². The SMILES string of the molecule is CN(C)C(=O)c1cc(C2CCN(Cc3ccc(OC4CCCC4)cc3)C2)[nH]n1. The van der Waals surface area contributed by atoms with Gasteiger partial charge in [-0.25, -0.2) is 0 Å². The van der Waals surface area contributed by atoms with Gasteiger partial charge in [0.15, 0.2) is 0 Å². The van der Waals surface area contributed by atoms with Crippen molar-refractivity contribution in [3.8, 4) is 5.75 Å². The van der Waals surface area contributed by atoms with E-state index in [0.29, 0.717) is 17.7 Å². The molecule has 1 aliphatic heterocycles. The number of hydrogen-bond donors (Lipinski definition) is 1. The molecule has 0 spiro atoms. The number of amides is 1. The second-order valence-corrected chi connectivity index (χ2v) is 8.30. The lowest BCUT2D eigenvalue weighted by Gasteiger charge is -2.17. The third kappa shape index (κ3) is 4.38.